The highest BCUT2D eigenvalue weighted by atomic mass is 79.9. The van der Waals surface area contributed by atoms with Crippen molar-refractivity contribution in [2.45, 2.75) is 38.8 Å². The average molecular weight is 341 g/mol. The summed E-state index contributed by atoms with van der Waals surface area (Å²) in [7, 11) is 0. The number of benzene rings is 1. The van der Waals surface area contributed by atoms with Crippen LogP contribution in [0.25, 0.3) is 0 Å². The Bertz CT molecular complexity index is 386. The third kappa shape index (κ3) is 5.08. The van der Waals surface area contributed by atoms with Crippen molar-refractivity contribution < 1.29 is 4.74 Å². The quantitative estimate of drug-likeness (QED) is 0.804. The van der Waals surface area contributed by atoms with Crippen LogP contribution in [0.3, 0.4) is 0 Å². The second-order valence-corrected chi connectivity index (χ2v) is 6.58. The second kappa shape index (κ2) is 8.01. The van der Waals surface area contributed by atoms with E-state index in [0.29, 0.717) is 12.1 Å². The van der Waals surface area contributed by atoms with Crippen LogP contribution in [0.1, 0.15) is 26.7 Å². The fraction of sp³-hybridized carbons (Fsp3) is 0.625. The van der Waals surface area contributed by atoms with Crippen molar-refractivity contribution in [3.63, 3.8) is 0 Å². The maximum Gasteiger partial charge on any atom is 0.119 e. The van der Waals surface area contributed by atoms with E-state index in [1.54, 1.807) is 0 Å². The Labute approximate surface area is 130 Å². The molecule has 1 fully saturated rings. The van der Waals surface area contributed by atoms with Gasteiger partial charge in [0.15, 0.2) is 0 Å². The van der Waals surface area contributed by atoms with Gasteiger partial charge in [-0.15, -0.1) is 0 Å². The predicted molar refractivity (Wildman–Crippen MR) is 87.4 cm³/mol. The maximum atomic E-state index is 5.72. The van der Waals surface area contributed by atoms with E-state index >= 15 is 0 Å². The van der Waals surface area contributed by atoms with E-state index in [1.165, 1.54) is 25.9 Å². The van der Waals surface area contributed by atoms with Crippen LogP contribution in [0.15, 0.2) is 28.7 Å². The van der Waals surface area contributed by atoms with E-state index in [0.717, 1.165) is 23.4 Å². The Hall–Kier alpha value is -0.580. The van der Waals surface area contributed by atoms with Gasteiger partial charge in [0.2, 0.25) is 0 Å². The highest BCUT2D eigenvalue weighted by Crippen LogP contribution is 2.16. The van der Waals surface area contributed by atoms with Gasteiger partial charge in [-0.2, -0.15) is 0 Å². The van der Waals surface area contributed by atoms with Gasteiger partial charge < -0.3 is 15.0 Å². The Balaban J connectivity index is 1.59. The first kappa shape index (κ1) is 15.8. The van der Waals surface area contributed by atoms with Crippen LogP contribution in [0, 0.1) is 0 Å². The summed E-state index contributed by atoms with van der Waals surface area (Å²) >= 11 is 3.42. The first-order valence-electron chi connectivity index (χ1n) is 7.51. The largest absolute Gasteiger partial charge is 0.492 e. The molecule has 1 heterocycles. The van der Waals surface area contributed by atoms with Gasteiger partial charge in [-0.25, -0.2) is 0 Å². The van der Waals surface area contributed by atoms with E-state index in [2.05, 4.69) is 40.0 Å². The molecule has 0 radical (unpaired) electrons. The zero-order valence-electron chi connectivity index (χ0n) is 12.4. The number of halogens is 1. The summed E-state index contributed by atoms with van der Waals surface area (Å²) in [5, 5.41) is 3.60. The highest BCUT2D eigenvalue weighted by molar-refractivity contribution is 9.10. The minimum Gasteiger partial charge on any atom is -0.492 e. The van der Waals surface area contributed by atoms with Crippen molar-refractivity contribution in [2.75, 3.05) is 26.2 Å². The van der Waals surface area contributed by atoms with Crippen LogP contribution in [0.5, 0.6) is 5.75 Å². The summed E-state index contributed by atoms with van der Waals surface area (Å²) < 4.78 is 6.80. The normalized spacial score (nSPS) is 17.6. The SMILES string of the molecule is CC(C)N1CCC(NCCOc2ccc(Br)cc2)CC1. The molecular weight excluding hydrogens is 316 g/mol. The predicted octanol–water partition coefficient (Wildman–Crippen LogP) is 3.29. The Kier molecular flexibility index (Phi) is 6.33. The summed E-state index contributed by atoms with van der Waals surface area (Å²) in [5.41, 5.74) is 0. The van der Waals surface area contributed by atoms with Crippen LogP contribution < -0.4 is 10.1 Å². The number of hydrogen-bond donors (Lipinski definition) is 1. The van der Waals surface area contributed by atoms with Gasteiger partial charge in [-0.3, -0.25) is 0 Å². The summed E-state index contributed by atoms with van der Waals surface area (Å²) in [6.07, 6.45) is 2.49. The lowest BCUT2D eigenvalue weighted by Gasteiger charge is -2.35. The van der Waals surface area contributed by atoms with Crippen LogP contribution in [0.4, 0.5) is 0 Å². The lowest BCUT2D eigenvalue weighted by atomic mass is 10.0. The molecule has 0 atom stereocenters. The van der Waals surface area contributed by atoms with Crippen LogP contribution in [-0.4, -0.2) is 43.2 Å². The molecule has 4 heteroatoms. The molecule has 1 N–H and O–H groups in total. The van der Waals surface area contributed by atoms with Crippen molar-refractivity contribution in [1.29, 1.82) is 0 Å². The molecule has 0 spiro atoms. The first-order valence-corrected chi connectivity index (χ1v) is 8.30. The molecule has 2 rings (SSSR count). The Morgan fingerprint density at radius 2 is 1.90 bits per heavy atom. The van der Waals surface area contributed by atoms with Gasteiger partial charge in [0.05, 0.1) is 0 Å². The van der Waals surface area contributed by atoms with E-state index in [1.807, 2.05) is 24.3 Å². The molecule has 0 aliphatic carbocycles. The molecule has 0 unspecified atom stereocenters. The van der Waals surface area contributed by atoms with Gasteiger partial charge in [-0.1, -0.05) is 15.9 Å². The first-order chi connectivity index (χ1) is 9.65. The molecule has 1 aromatic rings. The zero-order valence-corrected chi connectivity index (χ0v) is 14.0. The van der Waals surface area contributed by atoms with Crippen molar-refractivity contribution in [1.82, 2.24) is 10.2 Å². The van der Waals surface area contributed by atoms with E-state index < -0.39 is 0 Å². The standard InChI is InChI=1S/C16H25BrN2O/c1-13(2)19-10-7-15(8-11-19)18-9-12-20-16-5-3-14(17)4-6-16/h3-6,13,15,18H,7-12H2,1-2H3. The summed E-state index contributed by atoms with van der Waals surface area (Å²) in [6, 6.07) is 9.32. The van der Waals surface area contributed by atoms with E-state index in [9.17, 15) is 0 Å². The molecule has 0 amide bonds. The minimum absolute atomic E-state index is 0.651. The van der Waals surface area contributed by atoms with Gasteiger partial charge in [-0.05, 0) is 64.0 Å². The molecule has 0 saturated carbocycles. The Morgan fingerprint density at radius 3 is 2.50 bits per heavy atom. The number of nitrogens with zero attached hydrogens (tertiary/aromatic N) is 1. The fourth-order valence-electron chi connectivity index (χ4n) is 2.58. The number of nitrogens with one attached hydrogen (secondary N) is 1. The van der Waals surface area contributed by atoms with Crippen LogP contribution in [0.2, 0.25) is 0 Å². The van der Waals surface area contributed by atoms with Crippen molar-refractivity contribution >= 4 is 15.9 Å². The molecule has 20 heavy (non-hydrogen) atoms. The molecular formula is C16H25BrN2O. The molecule has 0 aromatic heterocycles. The van der Waals surface area contributed by atoms with Crippen molar-refractivity contribution in [3.05, 3.63) is 28.7 Å². The van der Waals surface area contributed by atoms with Crippen molar-refractivity contribution in [2.24, 2.45) is 0 Å². The third-order valence-electron chi connectivity index (χ3n) is 3.88. The maximum absolute atomic E-state index is 5.72. The zero-order chi connectivity index (χ0) is 14.4. The number of ether oxygens (including phenoxy) is 1. The van der Waals surface area contributed by atoms with Gasteiger partial charge in [0.1, 0.15) is 12.4 Å². The summed E-state index contributed by atoms with van der Waals surface area (Å²) in [5.74, 6) is 0.935. The number of piperidine rings is 1. The third-order valence-corrected chi connectivity index (χ3v) is 4.41. The van der Waals surface area contributed by atoms with E-state index in [4.69, 9.17) is 4.74 Å². The molecule has 1 aliphatic rings. The highest BCUT2D eigenvalue weighted by Gasteiger charge is 2.19. The fourth-order valence-corrected chi connectivity index (χ4v) is 2.85. The van der Waals surface area contributed by atoms with Gasteiger partial charge in [0, 0.05) is 23.1 Å². The lowest BCUT2D eigenvalue weighted by molar-refractivity contribution is 0.158. The molecule has 1 saturated heterocycles. The van der Waals surface area contributed by atoms with Gasteiger partial charge >= 0.3 is 0 Å². The molecule has 3 nitrogen and oxygen atoms in total. The second-order valence-electron chi connectivity index (χ2n) is 5.66. The average Bonchev–Trinajstić information content (AvgIpc) is 2.46. The summed E-state index contributed by atoms with van der Waals surface area (Å²) in [4.78, 5) is 2.55. The monoisotopic (exact) mass is 340 g/mol. The molecule has 112 valence electrons. The topological polar surface area (TPSA) is 24.5 Å². The molecule has 0 bridgehead atoms. The van der Waals surface area contributed by atoms with Crippen LogP contribution >= 0.6 is 15.9 Å². The summed E-state index contributed by atoms with van der Waals surface area (Å²) in [6.45, 7) is 8.62. The number of hydrogen-bond acceptors (Lipinski definition) is 3. The Morgan fingerprint density at radius 1 is 1.25 bits per heavy atom. The van der Waals surface area contributed by atoms with Gasteiger partial charge in [0.25, 0.3) is 0 Å². The lowest BCUT2D eigenvalue weighted by Crippen LogP contribution is -2.45. The smallest absolute Gasteiger partial charge is 0.119 e. The number of likely N-dealkylation sites (tertiary alicyclic amines) is 1. The molecule has 1 aromatic carbocycles. The van der Waals surface area contributed by atoms with E-state index in [-0.39, 0.29) is 0 Å². The molecule has 1 aliphatic heterocycles. The number of rotatable bonds is 6. The minimum atomic E-state index is 0.651. The van der Waals surface area contributed by atoms with Crippen LogP contribution in [-0.2, 0) is 0 Å². The van der Waals surface area contributed by atoms with Crippen molar-refractivity contribution in [3.8, 4) is 5.75 Å².